The number of benzene rings is 2. The summed E-state index contributed by atoms with van der Waals surface area (Å²) in [5.41, 5.74) is 0.884. The third kappa shape index (κ3) is 4.32. The van der Waals surface area contributed by atoms with E-state index in [2.05, 4.69) is 0 Å². The number of ether oxygens (including phenoxy) is 2. The molecule has 4 nitrogen and oxygen atoms in total. The van der Waals surface area contributed by atoms with Crippen LogP contribution in [0.3, 0.4) is 0 Å². The SMILES string of the molecule is O=C(CCOc1ccccc1)N1CCOC(c2ccc(F)cc2)C1. The molecular formula is C19H20FNO3. The van der Waals surface area contributed by atoms with Crippen LogP contribution < -0.4 is 4.74 Å². The van der Waals surface area contributed by atoms with E-state index in [0.29, 0.717) is 32.7 Å². The van der Waals surface area contributed by atoms with E-state index >= 15 is 0 Å². The van der Waals surface area contributed by atoms with Gasteiger partial charge in [0.25, 0.3) is 0 Å². The van der Waals surface area contributed by atoms with Crippen molar-refractivity contribution in [2.75, 3.05) is 26.3 Å². The molecule has 1 amide bonds. The van der Waals surface area contributed by atoms with E-state index < -0.39 is 0 Å². The van der Waals surface area contributed by atoms with Gasteiger partial charge in [0, 0.05) is 6.54 Å². The summed E-state index contributed by atoms with van der Waals surface area (Å²) < 4.78 is 24.3. The monoisotopic (exact) mass is 329 g/mol. The van der Waals surface area contributed by atoms with Crippen LogP contribution in [0.4, 0.5) is 4.39 Å². The minimum Gasteiger partial charge on any atom is -0.493 e. The van der Waals surface area contributed by atoms with Crippen LogP contribution >= 0.6 is 0 Å². The average molecular weight is 329 g/mol. The highest BCUT2D eigenvalue weighted by molar-refractivity contribution is 5.76. The third-order valence-electron chi connectivity index (χ3n) is 3.99. The molecule has 0 bridgehead atoms. The van der Waals surface area contributed by atoms with Gasteiger partial charge in [0.1, 0.15) is 17.7 Å². The highest BCUT2D eigenvalue weighted by Crippen LogP contribution is 2.23. The van der Waals surface area contributed by atoms with Gasteiger partial charge in [-0.15, -0.1) is 0 Å². The Hall–Kier alpha value is -2.40. The highest BCUT2D eigenvalue weighted by atomic mass is 19.1. The number of rotatable bonds is 5. The summed E-state index contributed by atoms with van der Waals surface area (Å²) in [6.45, 7) is 1.88. The summed E-state index contributed by atoms with van der Waals surface area (Å²) in [7, 11) is 0. The van der Waals surface area contributed by atoms with Crippen molar-refractivity contribution in [1.29, 1.82) is 0 Å². The second-order valence-electron chi connectivity index (χ2n) is 5.66. The molecule has 0 aliphatic carbocycles. The van der Waals surface area contributed by atoms with Crippen molar-refractivity contribution in [2.24, 2.45) is 0 Å². The average Bonchev–Trinajstić information content (AvgIpc) is 2.63. The van der Waals surface area contributed by atoms with E-state index in [4.69, 9.17) is 9.47 Å². The molecular weight excluding hydrogens is 309 g/mol. The van der Waals surface area contributed by atoms with Gasteiger partial charge in [-0.25, -0.2) is 4.39 Å². The number of carbonyl (C=O) groups excluding carboxylic acids is 1. The van der Waals surface area contributed by atoms with Gasteiger partial charge < -0.3 is 14.4 Å². The smallest absolute Gasteiger partial charge is 0.226 e. The van der Waals surface area contributed by atoms with Gasteiger partial charge in [0.05, 0.1) is 26.2 Å². The standard InChI is InChI=1S/C19H20FNO3/c20-16-8-6-15(7-9-16)18-14-21(11-13-24-18)19(22)10-12-23-17-4-2-1-3-5-17/h1-9,18H,10-14H2. The third-order valence-corrected chi connectivity index (χ3v) is 3.99. The Morgan fingerprint density at radius 1 is 1.17 bits per heavy atom. The van der Waals surface area contributed by atoms with Crippen LogP contribution in [0, 0.1) is 5.82 Å². The van der Waals surface area contributed by atoms with Gasteiger partial charge in [-0.3, -0.25) is 4.79 Å². The Labute approximate surface area is 140 Å². The fraction of sp³-hybridized carbons (Fsp3) is 0.316. The lowest BCUT2D eigenvalue weighted by atomic mass is 10.1. The van der Waals surface area contributed by atoms with Crippen LogP contribution in [-0.4, -0.2) is 37.1 Å². The second kappa shape index (κ2) is 7.93. The van der Waals surface area contributed by atoms with Crippen LogP contribution in [0.5, 0.6) is 5.75 Å². The highest BCUT2D eigenvalue weighted by Gasteiger charge is 2.25. The largest absolute Gasteiger partial charge is 0.493 e. The van der Waals surface area contributed by atoms with Crippen molar-refractivity contribution in [3.05, 3.63) is 66.0 Å². The first-order chi connectivity index (χ1) is 11.7. The van der Waals surface area contributed by atoms with E-state index in [9.17, 15) is 9.18 Å². The minimum absolute atomic E-state index is 0.0429. The van der Waals surface area contributed by atoms with Gasteiger partial charge in [-0.1, -0.05) is 30.3 Å². The molecule has 5 heteroatoms. The zero-order valence-electron chi connectivity index (χ0n) is 13.4. The summed E-state index contributed by atoms with van der Waals surface area (Å²) in [5.74, 6) is 0.526. The van der Waals surface area contributed by atoms with Crippen LogP contribution in [-0.2, 0) is 9.53 Å². The maximum absolute atomic E-state index is 13.0. The molecule has 2 aromatic rings. The normalized spacial score (nSPS) is 17.5. The summed E-state index contributed by atoms with van der Waals surface area (Å²) >= 11 is 0. The number of nitrogens with zero attached hydrogens (tertiary/aromatic N) is 1. The van der Waals surface area contributed by atoms with Crippen molar-refractivity contribution in [3.8, 4) is 5.75 Å². The lowest BCUT2D eigenvalue weighted by Crippen LogP contribution is -2.42. The molecule has 0 N–H and O–H groups in total. The first kappa shape index (κ1) is 16.5. The number of amides is 1. The van der Waals surface area contributed by atoms with Crippen molar-refractivity contribution >= 4 is 5.91 Å². The van der Waals surface area contributed by atoms with Crippen molar-refractivity contribution in [2.45, 2.75) is 12.5 Å². The summed E-state index contributed by atoms with van der Waals surface area (Å²) in [5, 5.41) is 0. The van der Waals surface area contributed by atoms with Gasteiger partial charge in [-0.2, -0.15) is 0 Å². The molecule has 1 heterocycles. The molecule has 2 aromatic carbocycles. The van der Waals surface area contributed by atoms with Gasteiger partial charge in [0.2, 0.25) is 5.91 Å². The van der Waals surface area contributed by atoms with Crippen LogP contribution in [0.25, 0.3) is 0 Å². The zero-order valence-corrected chi connectivity index (χ0v) is 13.4. The molecule has 3 rings (SSSR count). The summed E-state index contributed by atoms with van der Waals surface area (Å²) in [6.07, 6.45) is 0.115. The molecule has 1 saturated heterocycles. The van der Waals surface area contributed by atoms with Gasteiger partial charge in [-0.05, 0) is 29.8 Å². The Morgan fingerprint density at radius 2 is 1.92 bits per heavy atom. The molecule has 0 saturated carbocycles. The Morgan fingerprint density at radius 3 is 2.67 bits per heavy atom. The Balaban J connectivity index is 1.50. The topological polar surface area (TPSA) is 38.8 Å². The van der Waals surface area contributed by atoms with Crippen molar-refractivity contribution < 1.29 is 18.7 Å². The number of halogens is 1. The van der Waals surface area contributed by atoms with E-state index in [0.717, 1.165) is 11.3 Å². The Kier molecular flexibility index (Phi) is 5.43. The number of hydrogen-bond donors (Lipinski definition) is 0. The molecule has 1 atom stereocenters. The molecule has 1 unspecified atom stereocenters. The second-order valence-corrected chi connectivity index (χ2v) is 5.66. The molecule has 126 valence electrons. The maximum Gasteiger partial charge on any atom is 0.226 e. The lowest BCUT2D eigenvalue weighted by molar-refractivity contribution is -0.139. The first-order valence-corrected chi connectivity index (χ1v) is 8.05. The van der Waals surface area contributed by atoms with Gasteiger partial charge in [0.15, 0.2) is 0 Å². The molecule has 0 aromatic heterocycles. The van der Waals surface area contributed by atoms with Crippen LogP contribution in [0.1, 0.15) is 18.1 Å². The molecule has 0 spiro atoms. The zero-order chi connectivity index (χ0) is 16.8. The summed E-state index contributed by atoms with van der Waals surface area (Å²) in [4.78, 5) is 14.1. The minimum atomic E-state index is -0.277. The molecule has 24 heavy (non-hydrogen) atoms. The van der Waals surface area contributed by atoms with Crippen LogP contribution in [0.15, 0.2) is 54.6 Å². The lowest BCUT2D eigenvalue weighted by Gasteiger charge is -2.33. The van der Waals surface area contributed by atoms with Crippen LogP contribution in [0.2, 0.25) is 0 Å². The van der Waals surface area contributed by atoms with Crippen molar-refractivity contribution in [1.82, 2.24) is 4.90 Å². The first-order valence-electron chi connectivity index (χ1n) is 8.05. The number of hydrogen-bond acceptors (Lipinski definition) is 3. The van der Waals surface area contributed by atoms with Gasteiger partial charge >= 0.3 is 0 Å². The summed E-state index contributed by atoms with van der Waals surface area (Å²) in [6, 6.07) is 15.7. The number of para-hydroxylation sites is 1. The van der Waals surface area contributed by atoms with E-state index in [1.165, 1.54) is 12.1 Å². The Bertz CT molecular complexity index is 660. The van der Waals surface area contributed by atoms with Crippen molar-refractivity contribution in [3.63, 3.8) is 0 Å². The van der Waals surface area contributed by atoms with E-state index in [1.54, 1.807) is 17.0 Å². The predicted octanol–water partition coefficient (Wildman–Crippen LogP) is 3.19. The fourth-order valence-corrected chi connectivity index (χ4v) is 2.69. The fourth-order valence-electron chi connectivity index (χ4n) is 2.69. The van der Waals surface area contributed by atoms with E-state index in [-0.39, 0.29) is 17.8 Å². The molecule has 0 radical (unpaired) electrons. The quantitative estimate of drug-likeness (QED) is 0.845. The molecule has 1 aliphatic heterocycles. The predicted molar refractivity (Wildman–Crippen MR) is 88.2 cm³/mol. The van der Waals surface area contributed by atoms with E-state index in [1.807, 2.05) is 30.3 Å². The molecule has 1 aliphatic rings. The number of morpholine rings is 1. The maximum atomic E-state index is 13.0. The molecule has 1 fully saturated rings. The number of carbonyl (C=O) groups is 1.